The van der Waals surface area contributed by atoms with Gasteiger partial charge in [-0.15, -0.1) is 5.10 Å². The van der Waals surface area contributed by atoms with E-state index in [1.54, 1.807) is 17.2 Å². The Morgan fingerprint density at radius 3 is 2.82 bits per heavy atom. The van der Waals surface area contributed by atoms with Crippen LogP contribution in [0, 0.1) is 0 Å². The number of hydrogen-bond donors (Lipinski definition) is 1. The molecule has 0 unspecified atom stereocenters. The standard InChI is InChI=1S/C13H16N8O/c1-2-20(18-16-1)11-8-17-21(9-11)13-7-12(14-10-15-13)19-3-5-22-6-4-19/h1-2,7-8,10,17H,3-6,9H2. The van der Waals surface area contributed by atoms with Crippen molar-refractivity contribution in [1.82, 2.24) is 30.4 Å². The van der Waals surface area contributed by atoms with Gasteiger partial charge in [0.05, 0.1) is 37.8 Å². The van der Waals surface area contributed by atoms with Gasteiger partial charge < -0.3 is 15.1 Å². The highest BCUT2D eigenvalue weighted by Gasteiger charge is 2.19. The SMILES string of the molecule is C1=C(n2ccnn2)CN(c2cc(N3CCOCC3)ncn2)N1. The monoisotopic (exact) mass is 300 g/mol. The molecular weight excluding hydrogens is 284 g/mol. The first-order chi connectivity index (χ1) is 10.9. The van der Waals surface area contributed by atoms with Gasteiger partial charge in [0.15, 0.2) is 5.82 Å². The highest BCUT2D eigenvalue weighted by atomic mass is 16.5. The molecule has 0 amide bonds. The van der Waals surface area contributed by atoms with E-state index in [-0.39, 0.29) is 0 Å². The fourth-order valence-corrected chi connectivity index (χ4v) is 2.50. The molecule has 9 nitrogen and oxygen atoms in total. The molecule has 0 aromatic carbocycles. The Labute approximate surface area is 127 Å². The van der Waals surface area contributed by atoms with Gasteiger partial charge in [-0.05, 0) is 0 Å². The van der Waals surface area contributed by atoms with Crippen LogP contribution in [0.25, 0.3) is 5.70 Å². The Kier molecular flexibility index (Phi) is 3.31. The number of rotatable bonds is 3. The van der Waals surface area contributed by atoms with Crippen LogP contribution >= 0.6 is 0 Å². The minimum atomic E-state index is 0.656. The van der Waals surface area contributed by atoms with Gasteiger partial charge in [0.2, 0.25) is 0 Å². The highest BCUT2D eigenvalue weighted by Crippen LogP contribution is 2.21. The van der Waals surface area contributed by atoms with Crippen molar-refractivity contribution >= 4 is 17.3 Å². The number of morpholine rings is 1. The first-order valence-electron chi connectivity index (χ1n) is 7.14. The second-order valence-electron chi connectivity index (χ2n) is 5.03. The van der Waals surface area contributed by atoms with E-state index >= 15 is 0 Å². The molecule has 1 fully saturated rings. The van der Waals surface area contributed by atoms with Gasteiger partial charge in [0.25, 0.3) is 0 Å². The van der Waals surface area contributed by atoms with Crippen molar-refractivity contribution in [2.24, 2.45) is 0 Å². The van der Waals surface area contributed by atoms with Crippen molar-refractivity contribution in [3.8, 4) is 0 Å². The molecule has 2 aromatic rings. The molecule has 22 heavy (non-hydrogen) atoms. The number of ether oxygens (including phenoxy) is 1. The van der Waals surface area contributed by atoms with E-state index in [9.17, 15) is 0 Å². The second-order valence-corrected chi connectivity index (χ2v) is 5.03. The maximum Gasteiger partial charge on any atom is 0.152 e. The Morgan fingerprint density at radius 1 is 1.14 bits per heavy atom. The molecular formula is C13H16N8O. The molecule has 2 aromatic heterocycles. The Bertz CT molecular complexity index is 664. The van der Waals surface area contributed by atoms with Gasteiger partial charge in [-0.3, -0.25) is 5.01 Å². The number of nitrogens with zero attached hydrogens (tertiary/aromatic N) is 7. The van der Waals surface area contributed by atoms with Crippen LogP contribution in [0.1, 0.15) is 0 Å². The molecule has 0 atom stereocenters. The first kappa shape index (κ1) is 13.0. The van der Waals surface area contributed by atoms with Crippen LogP contribution in [-0.4, -0.2) is 57.8 Å². The maximum absolute atomic E-state index is 5.37. The molecule has 2 aliphatic rings. The Morgan fingerprint density at radius 2 is 2.00 bits per heavy atom. The molecule has 1 N–H and O–H groups in total. The third kappa shape index (κ3) is 2.46. The molecule has 9 heteroatoms. The number of anilines is 2. The lowest BCUT2D eigenvalue weighted by atomic mass is 10.4. The fraction of sp³-hybridized carbons (Fsp3) is 0.385. The number of nitrogens with one attached hydrogen (secondary N) is 1. The number of hydrogen-bond acceptors (Lipinski definition) is 8. The molecule has 4 rings (SSSR count). The predicted molar refractivity (Wildman–Crippen MR) is 79.8 cm³/mol. The highest BCUT2D eigenvalue weighted by molar-refractivity contribution is 5.59. The lowest BCUT2D eigenvalue weighted by Crippen LogP contribution is -2.37. The van der Waals surface area contributed by atoms with E-state index in [1.807, 2.05) is 23.5 Å². The van der Waals surface area contributed by atoms with Crippen LogP contribution in [0.15, 0.2) is 31.0 Å². The summed E-state index contributed by atoms with van der Waals surface area (Å²) in [6.45, 7) is 3.83. The third-order valence-electron chi connectivity index (χ3n) is 3.67. The summed E-state index contributed by atoms with van der Waals surface area (Å²) in [5.41, 5.74) is 4.19. The molecule has 2 aliphatic heterocycles. The summed E-state index contributed by atoms with van der Waals surface area (Å²) in [7, 11) is 0. The van der Waals surface area contributed by atoms with E-state index in [0.29, 0.717) is 6.54 Å². The summed E-state index contributed by atoms with van der Waals surface area (Å²) in [5.74, 6) is 1.74. The van der Waals surface area contributed by atoms with Gasteiger partial charge in [-0.2, -0.15) is 0 Å². The lowest BCUT2D eigenvalue weighted by molar-refractivity contribution is 0.122. The van der Waals surface area contributed by atoms with E-state index in [4.69, 9.17) is 4.74 Å². The summed E-state index contributed by atoms with van der Waals surface area (Å²) in [6, 6.07) is 1.98. The molecule has 0 aliphatic carbocycles. The van der Waals surface area contributed by atoms with Gasteiger partial charge in [0, 0.05) is 25.4 Å². The zero-order valence-electron chi connectivity index (χ0n) is 12.0. The van der Waals surface area contributed by atoms with Crippen molar-refractivity contribution < 1.29 is 4.74 Å². The summed E-state index contributed by atoms with van der Waals surface area (Å²) in [6.07, 6.45) is 6.96. The topological polar surface area (TPSA) is 84.2 Å². The van der Waals surface area contributed by atoms with Gasteiger partial charge >= 0.3 is 0 Å². The van der Waals surface area contributed by atoms with E-state index < -0.39 is 0 Å². The largest absolute Gasteiger partial charge is 0.378 e. The van der Waals surface area contributed by atoms with Crippen LogP contribution in [-0.2, 0) is 4.74 Å². The third-order valence-corrected chi connectivity index (χ3v) is 3.67. The molecule has 0 bridgehead atoms. The zero-order valence-corrected chi connectivity index (χ0v) is 12.0. The van der Waals surface area contributed by atoms with Crippen LogP contribution in [0.2, 0.25) is 0 Å². The van der Waals surface area contributed by atoms with E-state index in [2.05, 4.69) is 30.6 Å². The molecule has 4 heterocycles. The zero-order chi connectivity index (χ0) is 14.8. The van der Waals surface area contributed by atoms with Crippen LogP contribution in [0.5, 0.6) is 0 Å². The quantitative estimate of drug-likeness (QED) is 0.829. The van der Waals surface area contributed by atoms with Crippen molar-refractivity contribution in [3.63, 3.8) is 0 Å². The van der Waals surface area contributed by atoms with Crippen molar-refractivity contribution in [1.29, 1.82) is 0 Å². The predicted octanol–water partition coefficient (Wildman–Crippen LogP) is -0.272. The van der Waals surface area contributed by atoms with E-state index in [0.717, 1.165) is 43.6 Å². The van der Waals surface area contributed by atoms with Crippen molar-refractivity contribution in [2.45, 2.75) is 0 Å². The number of hydrazine groups is 1. The average molecular weight is 300 g/mol. The first-order valence-corrected chi connectivity index (χ1v) is 7.14. The van der Waals surface area contributed by atoms with Crippen LogP contribution < -0.4 is 15.3 Å². The fourth-order valence-electron chi connectivity index (χ4n) is 2.50. The molecule has 114 valence electrons. The second kappa shape index (κ2) is 5.60. The number of aromatic nitrogens is 5. The van der Waals surface area contributed by atoms with Crippen molar-refractivity contribution in [2.75, 3.05) is 42.8 Å². The summed E-state index contributed by atoms with van der Waals surface area (Å²) < 4.78 is 7.11. The van der Waals surface area contributed by atoms with Crippen molar-refractivity contribution in [3.05, 3.63) is 31.0 Å². The molecule has 0 spiro atoms. The Hall–Kier alpha value is -2.68. The minimum Gasteiger partial charge on any atom is -0.378 e. The van der Waals surface area contributed by atoms with Crippen LogP contribution in [0.3, 0.4) is 0 Å². The smallest absolute Gasteiger partial charge is 0.152 e. The normalized spacial score (nSPS) is 18.3. The minimum absolute atomic E-state index is 0.656. The average Bonchev–Trinajstić information content (AvgIpc) is 3.27. The molecule has 0 radical (unpaired) electrons. The molecule has 1 saturated heterocycles. The maximum atomic E-state index is 5.37. The van der Waals surface area contributed by atoms with Gasteiger partial charge in [0.1, 0.15) is 12.1 Å². The van der Waals surface area contributed by atoms with Gasteiger partial charge in [-0.25, -0.2) is 14.6 Å². The summed E-state index contributed by atoms with van der Waals surface area (Å²) in [5, 5.41) is 9.76. The Balaban J connectivity index is 1.49. The van der Waals surface area contributed by atoms with Crippen LogP contribution in [0.4, 0.5) is 11.6 Å². The summed E-state index contributed by atoms with van der Waals surface area (Å²) in [4.78, 5) is 10.9. The summed E-state index contributed by atoms with van der Waals surface area (Å²) >= 11 is 0. The molecule has 0 saturated carbocycles. The van der Waals surface area contributed by atoms with Gasteiger partial charge in [-0.1, -0.05) is 5.21 Å². The van der Waals surface area contributed by atoms with E-state index in [1.165, 1.54) is 0 Å². The lowest BCUT2D eigenvalue weighted by Gasteiger charge is -2.28.